The molecule has 0 radical (unpaired) electrons. The van der Waals surface area contributed by atoms with Crippen molar-refractivity contribution in [1.82, 2.24) is 9.78 Å². The fourth-order valence-electron chi connectivity index (χ4n) is 1.42. The molecule has 0 saturated heterocycles. The predicted octanol–water partition coefficient (Wildman–Crippen LogP) is 2.67. The lowest BCUT2D eigenvalue weighted by atomic mass is 10.1. The maximum atomic E-state index is 4.38. The fraction of sp³-hybridized carbons (Fsp3) is 0.727. The fourth-order valence-corrected chi connectivity index (χ4v) is 1.42. The summed E-state index contributed by atoms with van der Waals surface area (Å²) in [7, 11) is 0. The molecule has 0 unspecified atom stereocenters. The van der Waals surface area contributed by atoms with E-state index in [-0.39, 0.29) is 0 Å². The van der Waals surface area contributed by atoms with Crippen LogP contribution in [-0.4, -0.2) is 16.3 Å². The topological polar surface area (TPSA) is 29.9 Å². The number of hydrogen-bond donors (Lipinski definition) is 1. The van der Waals surface area contributed by atoms with Crippen molar-refractivity contribution >= 4 is 5.82 Å². The van der Waals surface area contributed by atoms with Gasteiger partial charge < -0.3 is 5.32 Å². The summed E-state index contributed by atoms with van der Waals surface area (Å²) in [6, 6.07) is 2.10. The summed E-state index contributed by atoms with van der Waals surface area (Å²) in [5.41, 5.74) is 1.08. The van der Waals surface area contributed by atoms with E-state index in [4.69, 9.17) is 0 Å². The highest BCUT2D eigenvalue weighted by Crippen LogP contribution is 2.10. The number of nitrogens with one attached hydrogen (secondary N) is 1. The first-order chi connectivity index (χ1) is 6.63. The lowest BCUT2D eigenvalue weighted by Gasteiger charge is -2.09. The van der Waals surface area contributed by atoms with E-state index in [1.807, 2.05) is 11.6 Å². The van der Waals surface area contributed by atoms with Gasteiger partial charge in [-0.1, -0.05) is 13.8 Å². The predicted molar refractivity (Wildman–Crippen MR) is 60.6 cm³/mol. The molecule has 14 heavy (non-hydrogen) atoms. The summed E-state index contributed by atoms with van der Waals surface area (Å²) in [6.45, 7) is 10.6. The second kappa shape index (κ2) is 5.03. The summed E-state index contributed by atoms with van der Waals surface area (Å²) < 4.78 is 2.01. The van der Waals surface area contributed by atoms with Crippen LogP contribution >= 0.6 is 0 Å². The number of nitrogens with zero attached hydrogens (tertiary/aromatic N) is 2. The number of rotatable bonds is 5. The van der Waals surface area contributed by atoms with Crippen molar-refractivity contribution in [3.05, 3.63) is 11.8 Å². The molecule has 1 rings (SSSR count). The summed E-state index contributed by atoms with van der Waals surface area (Å²) >= 11 is 0. The van der Waals surface area contributed by atoms with Crippen molar-refractivity contribution < 1.29 is 0 Å². The molecule has 1 aromatic heterocycles. The molecule has 0 fully saturated rings. The zero-order valence-electron chi connectivity index (χ0n) is 9.67. The molecular weight excluding hydrogens is 174 g/mol. The van der Waals surface area contributed by atoms with Crippen LogP contribution in [0.2, 0.25) is 0 Å². The molecular formula is C11H21N3. The summed E-state index contributed by atoms with van der Waals surface area (Å²) in [6.07, 6.45) is 1.20. The molecule has 1 N–H and O–H groups in total. The van der Waals surface area contributed by atoms with Gasteiger partial charge in [-0.05, 0) is 26.2 Å². The molecule has 0 aromatic carbocycles. The Bertz CT molecular complexity index is 276. The third kappa shape index (κ3) is 3.05. The van der Waals surface area contributed by atoms with Crippen LogP contribution in [0.3, 0.4) is 0 Å². The normalized spacial score (nSPS) is 10.9. The summed E-state index contributed by atoms with van der Waals surface area (Å²) in [4.78, 5) is 0. The van der Waals surface area contributed by atoms with E-state index in [2.05, 4.69) is 37.3 Å². The molecule has 0 bridgehead atoms. The van der Waals surface area contributed by atoms with Gasteiger partial charge in [-0.15, -0.1) is 0 Å². The molecule has 0 aliphatic rings. The van der Waals surface area contributed by atoms with Gasteiger partial charge in [0.2, 0.25) is 0 Å². The van der Waals surface area contributed by atoms with Crippen LogP contribution in [0.15, 0.2) is 6.07 Å². The van der Waals surface area contributed by atoms with Crippen molar-refractivity contribution in [2.75, 3.05) is 11.9 Å². The number of anilines is 1. The second-order valence-electron chi connectivity index (χ2n) is 4.10. The van der Waals surface area contributed by atoms with Crippen molar-refractivity contribution in [3.63, 3.8) is 0 Å². The highest BCUT2D eigenvalue weighted by atomic mass is 15.3. The third-order valence-corrected chi connectivity index (χ3v) is 2.23. The van der Waals surface area contributed by atoms with E-state index in [1.165, 1.54) is 6.42 Å². The van der Waals surface area contributed by atoms with Gasteiger partial charge in [-0.25, -0.2) is 4.68 Å². The monoisotopic (exact) mass is 195 g/mol. The van der Waals surface area contributed by atoms with Crippen LogP contribution in [0.1, 0.15) is 32.9 Å². The third-order valence-electron chi connectivity index (χ3n) is 2.23. The van der Waals surface area contributed by atoms with Crippen LogP contribution < -0.4 is 5.32 Å². The molecule has 80 valence electrons. The quantitative estimate of drug-likeness (QED) is 0.782. The minimum absolute atomic E-state index is 0.751. The van der Waals surface area contributed by atoms with Crippen LogP contribution in [0.25, 0.3) is 0 Å². The van der Waals surface area contributed by atoms with Crippen molar-refractivity contribution in [3.8, 4) is 0 Å². The zero-order chi connectivity index (χ0) is 10.6. The van der Waals surface area contributed by atoms with Crippen LogP contribution in [-0.2, 0) is 6.54 Å². The molecule has 0 atom stereocenters. The lowest BCUT2D eigenvalue weighted by Crippen LogP contribution is -2.09. The van der Waals surface area contributed by atoms with Crippen molar-refractivity contribution in [2.45, 2.75) is 40.7 Å². The van der Waals surface area contributed by atoms with Crippen LogP contribution in [0.4, 0.5) is 5.82 Å². The van der Waals surface area contributed by atoms with Gasteiger partial charge in [0, 0.05) is 19.2 Å². The van der Waals surface area contributed by atoms with E-state index >= 15 is 0 Å². The summed E-state index contributed by atoms with van der Waals surface area (Å²) in [5.74, 6) is 1.90. The van der Waals surface area contributed by atoms with E-state index < -0.39 is 0 Å². The van der Waals surface area contributed by atoms with Crippen molar-refractivity contribution in [2.24, 2.45) is 5.92 Å². The summed E-state index contributed by atoms with van der Waals surface area (Å²) in [5, 5.41) is 7.80. The smallest absolute Gasteiger partial charge is 0.124 e. The molecule has 0 amide bonds. The molecule has 3 heteroatoms. The molecule has 3 nitrogen and oxygen atoms in total. The van der Waals surface area contributed by atoms with E-state index in [0.29, 0.717) is 0 Å². The maximum Gasteiger partial charge on any atom is 0.124 e. The second-order valence-corrected chi connectivity index (χ2v) is 4.10. The average molecular weight is 195 g/mol. The first-order valence-electron chi connectivity index (χ1n) is 5.41. The molecule has 0 spiro atoms. The van der Waals surface area contributed by atoms with Gasteiger partial charge in [0.15, 0.2) is 0 Å². The van der Waals surface area contributed by atoms with Crippen LogP contribution in [0, 0.1) is 12.8 Å². The average Bonchev–Trinajstić information content (AvgIpc) is 2.45. The molecule has 1 aromatic rings. The zero-order valence-corrected chi connectivity index (χ0v) is 9.67. The van der Waals surface area contributed by atoms with Gasteiger partial charge in [0.05, 0.1) is 5.69 Å². The van der Waals surface area contributed by atoms with Gasteiger partial charge >= 0.3 is 0 Å². The Morgan fingerprint density at radius 2 is 2.21 bits per heavy atom. The molecule has 0 aliphatic heterocycles. The Morgan fingerprint density at radius 3 is 2.79 bits per heavy atom. The van der Waals surface area contributed by atoms with Gasteiger partial charge in [0.25, 0.3) is 0 Å². The first kappa shape index (κ1) is 11.1. The number of aryl methyl sites for hydroxylation is 2. The lowest BCUT2D eigenvalue weighted by molar-refractivity contribution is 0.599. The highest BCUT2D eigenvalue weighted by molar-refractivity contribution is 5.36. The van der Waals surface area contributed by atoms with Crippen LogP contribution in [0.5, 0.6) is 0 Å². The van der Waals surface area contributed by atoms with E-state index in [1.54, 1.807) is 0 Å². The Kier molecular flexibility index (Phi) is 3.98. The largest absolute Gasteiger partial charge is 0.370 e. The van der Waals surface area contributed by atoms with E-state index in [0.717, 1.165) is 30.5 Å². The van der Waals surface area contributed by atoms with Gasteiger partial charge in [-0.2, -0.15) is 5.10 Å². The van der Waals surface area contributed by atoms with E-state index in [9.17, 15) is 0 Å². The Hall–Kier alpha value is -0.990. The molecule has 1 heterocycles. The first-order valence-corrected chi connectivity index (χ1v) is 5.41. The number of hydrogen-bond acceptors (Lipinski definition) is 2. The molecule has 0 aliphatic carbocycles. The standard InChI is InChI=1S/C11H21N3/c1-5-14-11(8-10(4)13-14)12-7-6-9(2)3/h8-9,12H,5-7H2,1-4H3. The molecule has 0 saturated carbocycles. The Labute approximate surface area is 86.5 Å². The Morgan fingerprint density at radius 1 is 1.50 bits per heavy atom. The highest BCUT2D eigenvalue weighted by Gasteiger charge is 2.02. The minimum atomic E-state index is 0.751. The maximum absolute atomic E-state index is 4.38. The number of aromatic nitrogens is 2. The van der Waals surface area contributed by atoms with Gasteiger partial charge in [-0.3, -0.25) is 0 Å². The SMILES string of the molecule is CCn1nc(C)cc1NCCC(C)C. The Balaban J connectivity index is 2.48. The van der Waals surface area contributed by atoms with Crippen molar-refractivity contribution in [1.29, 1.82) is 0 Å². The minimum Gasteiger partial charge on any atom is -0.370 e. The van der Waals surface area contributed by atoms with Gasteiger partial charge in [0.1, 0.15) is 5.82 Å².